The average Bonchev–Trinajstić information content (AvgIpc) is 2.85. The second kappa shape index (κ2) is 11.5. The van der Waals surface area contributed by atoms with Crippen molar-refractivity contribution < 1.29 is 35.5 Å². The molecule has 0 radical (unpaired) electrons. The fourth-order valence-electron chi connectivity index (χ4n) is 3.38. The second-order valence-corrected chi connectivity index (χ2v) is 9.73. The number of pyridine rings is 1. The summed E-state index contributed by atoms with van der Waals surface area (Å²) in [5.74, 6) is 1.02. The molecule has 0 saturated carbocycles. The summed E-state index contributed by atoms with van der Waals surface area (Å²) in [6, 6.07) is 11.5. The largest absolute Gasteiger partial charge is 0.497 e. The van der Waals surface area contributed by atoms with E-state index in [0.717, 1.165) is 36.6 Å². The van der Waals surface area contributed by atoms with Crippen LogP contribution in [0.4, 0.5) is 17.6 Å². The first-order valence-electron chi connectivity index (χ1n) is 10.7. The number of nitrogens with one attached hydrogen (secondary N) is 2. The molecule has 1 atom stereocenters. The molecule has 2 N–H and O–H groups in total. The van der Waals surface area contributed by atoms with Crippen molar-refractivity contribution >= 4 is 22.0 Å². The van der Waals surface area contributed by atoms with Crippen molar-refractivity contribution in [1.82, 2.24) is 15.0 Å². The first-order chi connectivity index (χ1) is 17.8. The lowest BCUT2D eigenvalue weighted by Gasteiger charge is -2.19. The quantitative estimate of drug-likeness (QED) is 0.190. The number of ether oxygens (including phenoxy) is 1. The summed E-state index contributed by atoms with van der Waals surface area (Å²) >= 11 is 0. The lowest BCUT2D eigenvalue weighted by Crippen LogP contribution is -2.40. The molecule has 198 valence electrons. The Morgan fingerprint density at radius 1 is 1.16 bits per heavy atom. The van der Waals surface area contributed by atoms with E-state index in [0.29, 0.717) is 11.3 Å². The molecule has 0 fully saturated rings. The van der Waals surface area contributed by atoms with Crippen molar-refractivity contribution in [2.45, 2.75) is 12.3 Å². The number of nitrogens with zero attached hydrogens (tertiary/aromatic N) is 1. The Labute approximate surface area is 216 Å². The summed E-state index contributed by atoms with van der Waals surface area (Å²) < 4.78 is 85.0. The number of hydrogen-bond donors (Lipinski definition) is 2. The molecule has 12 heteroatoms. The number of sulfonamides is 1. The van der Waals surface area contributed by atoms with Crippen LogP contribution < -0.4 is 14.8 Å². The summed E-state index contributed by atoms with van der Waals surface area (Å²) in [5, 5.41) is 2.38. The van der Waals surface area contributed by atoms with Gasteiger partial charge >= 0.3 is 6.18 Å². The van der Waals surface area contributed by atoms with E-state index >= 15 is 0 Å². The van der Waals surface area contributed by atoms with Gasteiger partial charge in [-0.2, -0.15) is 17.9 Å². The maximum Gasteiger partial charge on any atom is 0.433 e. The van der Waals surface area contributed by atoms with Gasteiger partial charge in [-0.15, -0.1) is 6.42 Å². The van der Waals surface area contributed by atoms with Crippen LogP contribution in [-0.2, 0) is 21.0 Å². The van der Waals surface area contributed by atoms with Crippen LogP contribution in [0.2, 0.25) is 0 Å². The molecule has 1 amide bonds. The van der Waals surface area contributed by atoms with E-state index < -0.39 is 39.8 Å². The molecule has 7 nitrogen and oxygen atoms in total. The van der Waals surface area contributed by atoms with Gasteiger partial charge in [0.2, 0.25) is 15.9 Å². The second-order valence-electron chi connectivity index (χ2n) is 7.95. The summed E-state index contributed by atoms with van der Waals surface area (Å²) in [5.41, 5.74) is -0.604. The third-order valence-electron chi connectivity index (χ3n) is 5.01. The molecule has 1 aromatic heterocycles. The number of amides is 1. The normalized spacial score (nSPS) is 12.7. The summed E-state index contributed by atoms with van der Waals surface area (Å²) in [4.78, 5) is 16.5. The van der Waals surface area contributed by atoms with Gasteiger partial charge in [0.15, 0.2) is 0 Å². The number of benzene rings is 2. The van der Waals surface area contributed by atoms with E-state index in [4.69, 9.17) is 11.2 Å². The zero-order valence-electron chi connectivity index (χ0n) is 20.0. The Morgan fingerprint density at radius 3 is 2.53 bits per heavy atom. The van der Waals surface area contributed by atoms with Crippen molar-refractivity contribution in [3.8, 4) is 29.4 Å². The number of alkyl halides is 3. The lowest BCUT2D eigenvalue weighted by molar-refractivity contribution is -0.141. The molecule has 38 heavy (non-hydrogen) atoms. The van der Waals surface area contributed by atoms with E-state index in [1.807, 2.05) is 0 Å². The number of terminal acetylenes is 1. The minimum Gasteiger partial charge on any atom is -0.497 e. The Kier molecular flexibility index (Phi) is 8.55. The van der Waals surface area contributed by atoms with E-state index in [-0.39, 0.29) is 22.4 Å². The number of aromatic nitrogens is 1. The molecule has 3 rings (SSSR count). The zero-order valence-corrected chi connectivity index (χ0v) is 20.8. The van der Waals surface area contributed by atoms with E-state index in [1.165, 1.54) is 31.4 Å². The lowest BCUT2D eigenvalue weighted by atomic mass is 10.0. The Balaban J connectivity index is 1.97. The van der Waals surface area contributed by atoms with Crippen LogP contribution in [0.1, 0.15) is 28.6 Å². The Morgan fingerprint density at radius 2 is 1.89 bits per heavy atom. The van der Waals surface area contributed by atoms with E-state index in [9.17, 15) is 30.8 Å². The fraction of sp³-hybridized carbons (Fsp3) is 0.154. The van der Waals surface area contributed by atoms with Crippen molar-refractivity contribution in [2.24, 2.45) is 0 Å². The number of halogens is 4. The Bertz CT molecular complexity index is 1530. The summed E-state index contributed by atoms with van der Waals surface area (Å²) in [6.45, 7) is 0. The van der Waals surface area contributed by atoms with Crippen LogP contribution in [0.3, 0.4) is 0 Å². The standard InChI is InChI=1S/C26H21F4N3O4S/c1-4-16-12-19(14-20(27)13-16)25(33-38(3,35)36)32-23(34)11-9-17-8-10-22(26(28,29)30)31-24(17)18-6-5-7-21(15-18)37-2/h1,5-15,25,33H,2-3H3,(H,32,34). The van der Waals surface area contributed by atoms with Crippen LogP contribution in [-0.4, -0.2) is 32.7 Å². The number of rotatable bonds is 8. The van der Waals surface area contributed by atoms with Gasteiger partial charge in [0.05, 0.1) is 19.1 Å². The van der Waals surface area contributed by atoms with Crippen molar-refractivity contribution in [2.75, 3.05) is 13.4 Å². The zero-order chi connectivity index (χ0) is 28.1. The maximum atomic E-state index is 14.0. The molecule has 0 bridgehead atoms. The van der Waals surface area contributed by atoms with E-state index in [2.05, 4.69) is 20.9 Å². The SMILES string of the molecule is C#Cc1cc(F)cc(C(NC(=O)C=Cc2ccc(C(F)(F)F)nc2-c2cccc(OC)c2)NS(C)(=O)=O)c1. The van der Waals surface area contributed by atoms with Gasteiger partial charge in [0, 0.05) is 22.8 Å². The summed E-state index contributed by atoms with van der Waals surface area (Å²) in [7, 11) is -2.48. The highest BCUT2D eigenvalue weighted by Crippen LogP contribution is 2.32. The monoisotopic (exact) mass is 547 g/mol. The number of hydrogen-bond acceptors (Lipinski definition) is 5. The van der Waals surface area contributed by atoms with Gasteiger partial charge in [-0.1, -0.05) is 24.1 Å². The number of carbonyl (C=O) groups excluding carboxylic acids is 1. The fourth-order valence-corrected chi connectivity index (χ4v) is 4.00. The molecule has 2 aromatic carbocycles. The minimum atomic E-state index is -4.71. The van der Waals surface area contributed by atoms with Gasteiger partial charge in [0.25, 0.3) is 0 Å². The van der Waals surface area contributed by atoms with Gasteiger partial charge in [0.1, 0.15) is 23.4 Å². The molecule has 0 saturated heterocycles. The molecular weight excluding hydrogens is 526 g/mol. The predicted molar refractivity (Wildman–Crippen MR) is 133 cm³/mol. The van der Waals surface area contributed by atoms with Crippen LogP contribution in [0.5, 0.6) is 5.75 Å². The Hall–Kier alpha value is -4.21. The highest BCUT2D eigenvalue weighted by atomic mass is 32.2. The molecular formula is C26H21F4N3O4S. The number of carbonyl (C=O) groups is 1. The first-order valence-corrected chi connectivity index (χ1v) is 12.6. The molecule has 0 aliphatic carbocycles. The maximum absolute atomic E-state index is 14.0. The minimum absolute atomic E-state index is 0.0263. The average molecular weight is 548 g/mol. The molecule has 1 unspecified atom stereocenters. The number of methoxy groups -OCH3 is 1. The topological polar surface area (TPSA) is 97.4 Å². The van der Waals surface area contributed by atoms with Crippen LogP contribution in [0.25, 0.3) is 17.3 Å². The molecule has 0 aliphatic rings. The third-order valence-corrected chi connectivity index (χ3v) is 5.68. The molecule has 0 aliphatic heterocycles. The first kappa shape index (κ1) is 28.4. The van der Waals surface area contributed by atoms with Gasteiger partial charge in [-0.3, -0.25) is 4.79 Å². The molecule has 3 aromatic rings. The third kappa shape index (κ3) is 7.64. The van der Waals surface area contributed by atoms with Gasteiger partial charge in [-0.25, -0.2) is 17.8 Å². The van der Waals surface area contributed by atoms with Crippen LogP contribution in [0.15, 0.2) is 60.7 Å². The van der Waals surface area contributed by atoms with E-state index in [1.54, 1.807) is 12.1 Å². The predicted octanol–water partition coefficient (Wildman–Crippen LogP) is 4.27. The summed E-state index contributed by atoms with van der Waals surface area (Å²) in [6.07, 6.45) is 2.24. The van der Waals surface area contributed by atoms with Crippen molar-refractivity contribution in [3.63, 3.8) is 0 Å². The molecule has 1 heterocycles. The van der Waals surface area contributed by atoms with Gasteiger partial charge < -0.3 is 10.1 Å². The van der Waals surface area contributed by atoms with Crippen molar-refractivity contribution in [3.05, 3.63) is 88.9 Å². The van der Waals surface area contributed by atoms with Crippen LogP contribution in [0, 0.1) is 18.2 Å². The molecule has 0 spiro atoms. The van der Waals surface area contributed by atoms with Gasteiger partial charge in [-0.05, 0) is 48.0 Å². The van der Waals surface area contributed by atoms with Crippen LogP contribution >= 0.6 is 0 Å². The highest BCUT2D eigenvalue weighted by Gasteiger charge is 2.33. The smallest absolute Gasteiger partial charge is 0.433 e. The van der Waals surface area contributed by atoms with Crippen molar-refractivity contribution in [1.29, 1.82) is 0 Å². The highest BCUT2D eigenvalue weighted by molar-refractivity contribution is 7.88.